The van der Waals surface area contributed by atoms with Crippen molar-refractivity contribution in [2.75, 3.05) is 19.6 Å². The third-order valence-corrected chi connectivity index (χ3v) is 7.05. The topological polar surface area (TPSA) is 87.5 Å². The summed E-state index contributed by atoms with van der Waals surface area (Å²) in [6.07, 6.45) is 1.87. The summed E-state index contributed by atoms with van der Waals surface area (Å²) in [4.78, 5) is 42.5. The number of fused-ring (bicyclic) bond motifs is 1. The highest BCUT2D eigenvalue weighted by Gasteiger charge is 2.31. The fourth-order valence-electron chi connectivity index (χ4n) is 4.94. The van der Waals surface area contributed by atoms with E-state index in [1.165, 1.54) is 12.1 Å². The van der Waals surface area contributed by atoms with Crippen LogP contribution in [0, 0.1) is 11.7 Å². The molecule has 3 amide bonds. The standard InChI is InChI=1S/C28H30FN5O3/c29-23-9-7-20(8-10-23)18-30-26(35)22-11-15-32(16-12-22)27(36)24-17-25-28(37)33(13-4-14-34(25)31-24)19-21-5-2-1-3-6-21/h1-3,5-10,17,22H,4,11-16,18-19H2,(H,30,35). The van der Waals surface area contributed by atoms with Crippen molar-refractivity contribution in [1.29, 1.82) is 0 Å². The minimum atomic E-state index is -0.310. The number of nitrogens with one attached hydrogen (secondary N) is 1. The lowest BCUT2D eigenvalue weighted by atomic mass is 9.95. The van der Waals surface area contributed by atoms with Gasteiger partial charge in [0, 0.05) is 51.3 Å². The highest BCUT2D eigenvalue weighted by Crippen LogP contribution is 2.21. The summed E-state index contributed by atoms with van der Waals surface area (Å²) in [5.41, 5.74) is 2.60. The van der Waals surface area contributed by atoms with Crippen LogP contribution in [0.5, 0.6) is 0 Å². The monoisotopic (exact) mass is 503 g/mol. The van der Waals surface area contributed by atoms with E-state index in [1.807, 2.05) is 30.3 Å². The van der Waals surface area contributed by atoms with E-state index in [0.29, 0.717) is 57.8 Å². The number of carbonyl (C=O) groups excluding carboxylic acids is 3. The van der Waals surface area contributed by atoms with Gasteiger partial charge in [0.2, 0.25) is 5.91 Å². The number of likely N-dealkylation sites (tertiary alicyclic amines) is 1. The highest BCUT2D eigenvalue weighted by atomic mass is 19.1. The van der Waals surface area contributed by atoms with Gasteiger partial charge in [-0.05, 0) is 42.5 Å². The number of rotatable bonds is 6. The van der Waals surface area contributed by atoms with E-state index >= 15 is 0 Å². The van der Waals surface area contributed by atoms with Crippen LogP contribution in [-0.4, -0.2) is 56.9 Å². The molecule has 2 aromatic carbocycles. The van der Waals surface area contributed by atoms with Crippen LogP contribution in [0.25, 0.3) is 0 Å². The van der Waals surface area contributed by atoms with E-state index < -0.39 is 0 Å². The number of nitrogens with zero attached hydrogens (tertiary/aromatic N) is 4. The molecule has 0 atom stereocenters. The fourth-order valence-corrected chi connectivity index (χ4v) is 4.94. The lowest BCUT2D eigenvalue weighted by Gasteiger charge is -2.30. The van der Waals surface area contributed by atoms with E-state index in [9.17, 15) is 18.8 Å². The largest absolute Gasteiger partial charge is 0.352 e. The zero-order chi connectivity index (χ0) is 25.8. The number of amides is 3. The molecule has 0 unspecified atom stereocenters. The van der Waals surface area contributed by atoms with Gasteiger partial charge in [-0.2, -0.15) is 5.10 Å². The Morgan fingerprint density at radius 3 is 2.41 bits per heavy atom. The Bertz CT molecular complexity index is 1270. The Kier molecular flexibility index (Phi) is 7.30. The zero-order valence-corrected chi connectivity index (χ0v) is 20.6. The van der Waals surface area contributed by atoms with Crippen LogP contribution in [0.4, 0.5) is 4.39 Å². The molecule has 0 aliphatic carbocycles. The van der Waals surface area contributed by atoms with Gasteiger partial charge < -0.3 is 15.1 Å². The van der Waals surface area contributed by atoms with Crippen molar-refractivity contribution < 1.29 is 18.8 Å². The van der Waals surface area contributed by atoms with Crippen molar-refractivity contribution in [1.82, 2.24) is 24.9 Å². The molecule has 2 aliphatic heterocycles. The summed E-state index contributed by atoms with van der Waals surface area (Å²) >= 11 is 0. The number of hydrogen-bond acceptors (Lipinski definition) is 4. The quantitative estimate of drug-likeness (QED) is 0.560. The first-order chi connectivity index (χ1) is 18.0. The van der Waals surface area contributed by atoms with Crippen LogP contribution >= 0.6 is 0 Å². The first-order valence-electron chi connectivity index (χ1n) is 12.7. The van der Waals surface area contributed by atoms with E-state index in [4.69, 9.17) is 0 Å². The number of carbonyl (C=O) groups is 3. The van der Waals surface area contributed by atoms with E-state index in [1.54, 1.807) is 32.7 Å². The summed E-state index contributed by atoms with van der Waals surface area (Å²) in [5, 5.41) is 7.38. The highest BCUT2D eigenvalue weighted by molar-refractivity contribution is 5.98. The zero-order valence-electron chi connectivity index (χ0n) is 20.6. The molecule has 0 spiro atoms. The Hall–Kier alpha value is -4.01. The Morgan fingerprint density at radius 1 is 0.946 bits per heavy atom. The van der Waals surface area contributed by atoms with Crippen LogP contribution in [0.1, 0.15) is 51.4 Å². The van der Waals surface area contributed by atoms with Crippen molar-refractivity contribution in [3.05, 3.63) is 89.0 Å². The molecule has 1 saturated heterocycles. The van der Waals surface area contributed by atoms with Gasteiger partial charge in [0.25, 0.3) is 11.8 Å². The van der Waals surface area contributed by atoms with Crippen molar-refractivity contribution in [2.24, 2.45) is 5.92 Å². The third kappa shape index (κ3) is 5.71. The molecule has 0 radical (unpaired) electrons. The maximum absolute atomic E-state index is 13.2. The number of aryl methyl sites for hydroxylation is 1. The minimum absolute atomic E-state index is 0.0609. The normalized spacial score (nSPS) is 16.3. The van der Waals surface area contributed by atoms with Crippen molar-refractivity contribution in [3.63, 3.8) is 0 Å². The predicted molar refractivity (Wildman–Crippen MR) is 135 cm³/mol. The van der Waals surface area contributed by atoms with E-state index in [0.717, 1.165) is 17.5 Å². The predicted octanol–water partition coefficient (Wildman–Crippen LogP) is 3.24. The van der Waals surface area contributed by atoms with Gasteiger partial charge in [-0.1, -0.05) is 42.5 Å². The van der Waals surface area contributed by atoms with Crippen LogP contribution in [0.3, 0.4) is 0 Å². The molecule has 37 heavy (non-hydrogen) atoms. The van der Waals surface area contributed by atoms with Crippen LogP contribution in [-0.2, 0) is 24.4 Å². The number of halogens is 1. The minimum Gasteiger partial charge on any atom is -0.352 e. The second kappa shape index (κ2) is 10.9. The molecular formula is C28H30FN5O3. The molecule has 5 rings (SSSR count). The molecule has 3 aromatic rings. The van der Waals surface area contributed by atoms with E-state index in [2.05, 4.69) is 10.4 Å². The fraction of sp³-hybridized carbons (Fsp3) is 0.357. The smallest absolute Gasteiger partial charge is 0.274 e. The SMILES string of the molecule is O=C(NCc1ccc(F)cc1)C1CCN(C(=O)c2cc3n(n2)CCCN(Cc2ccccc2)C3=O)CC1. The molecule has 1 fully saturated rings. The van der Waals surface area contributed by atoms with Crippen molar-refractivity contribution in [2.45, 2.75) is 38.9 Å². The lowest BCUT2D eigenvalue weighted by molar-refractivity contribution is -0.126. The van der Waals surface area contributed by atoms with Crippen LogP contribution in [0.2, 0.25) is 0 Å². The second-order valence-electron chi connectivity index (χ2n) is 9.61. The molecule has 192 valence electrons. The molecular weight excluding hydrogens is 473 g/mol. The Labute approximate surface area is 215 Å². The van der Waals surface area contributed by atoms with Gasteiger partial charge in [-0.15, -0.1) is 0 Å². The van der Waals surface area contributed by atoms with E-state index in [-0.39, 0.29) is 35.2 Å². The van der Waals surface area contributed by atoms with Crippen LogP contribution < -0.4 is 5.32 Å². The third-order valence-electron chi connectivity index (χ3n) is 7.05. The molecule has 9 heteroatoms. The van der Waals surface area contributed by atoms with Gasteiger partial charge in [0.1, 0.15) is 11.5 Å². The Balaban J connectivity index is 1.17. The maximum atomic E-state index is 13.2. The summed E-state index contributed by atoms with van der Waals surface area (Å²) in [7, 11) is 0. The molecule has 3 heterocycles. The second-order valence-corrected chi connectivity index (χ2v) is 9.61. The number of benzene rings is 2. The van der Waals surface area contributed by atoms with Gasteiger partial charge in [-0.25, -0.2) is 4.39 Å². The average Bonchev–Trinajstić information content (AvgIpc) is 3.30. The first-order valence-corrected chi connectivity index (χ1v) is 12.7. The van der Waals surface area contributed by atoms with Crippen molar-refractivity contribution >= 4 is 17.7 Å². The number of hydrogen-bond donors (Lipinski definition) is 1. The van der Waals surface area contributed by atoms with Gasteiger partial charge in [0.05, 0.1) is 0 Å². The lowest BCUT2D eigenvalue weighted by Crippen LogP contribution is -2.43. The molecule has 8 nitrogen and oxygen atoms in total. The van der Waals surface area contributed by atoms with Gasteiger partial charge in [-0.3, -0.25) is 19.1 Å². The molecule has 1 aromatic heterocycles. The molecule has 2 aliphatic rings. The van der Waals surface area contributed by atoms with Crippen LogP contribution in [0.15, 0.2) is 60.7 Å². The summed E-state index contributed by atoms with van der Waals surface area (Å²) < 4.78 is 14.7. The number of piperidine rings is 1. The summed E-state index contributed by atoms with van der Waals surface area (Å²) in [5.74, 6) is -0.890. The first kappa shape index (κ1) is 24.7. The van der Waals surface area contributed by atoms with Crippen molar-refractivity contribution in [3.8, 4) is 0 Å². The summed E-state index contributed by atoms with van der Waals surface area (Å²) in [6, 6.07) is 17.5. The summed E-state index contributed by atoms with van der Waals surface area (Å²) in [6.45, 7) is 2.97. The average molecular weight is 504 g/mol. The number of aromatic nitrogens is 2. The maximum Gasteiger partial charge on any atom is 0.274 e. The van der Waals surface area contributed by atoms with Gasteiger partial charge in [0.15, 0.2) is 5.69 Å². The molecule has 0 bridgehead atoms. The Morgan fingerprint density at radius 2 is 1.68 bits per heavy atom. The molecule has 1 N–H and O–H groups in total. The van der Waals surface area contributed by atoms with Gasteiger partial charge >= 0.3 is 0 Å². The molecule has 0 saturated carbocycles.